The van der Waals surface area contributed by atoms with Crippen LogP contribution in [0.3, 0.4) is 0 Å². The van der Waals surface area contributed by atoms with Gasteiger partial charge in [-0.3, -0.25) is 0 Å². The molecule has 1 aromatic rings. The molecule has 0 aromatic heterocycles. The number of hydrogen-bond donors (Lipinski definition) is 1. The summed E-state index contributed by atoms with van der Waals surface area (Å²) < 4.78 is 40.3. The van der Waals surface area contributed by atoms with Crippen LogP contribution in [0.2, 0.25) is 0 Å². The third-order valence-corrected chi connectivity index (χ3v) is 3.83. The van der Waals surface area contributed by atoms with Crippen molar-refractivity contribution in [1.29, 1.82) is 0 Å². The van der Waals surface area contributed by atoms with Crippen molar-refractivity contribution in [2.45, 2.75) is 6.36 Å². The number of rotatable bonds is 1. The fourth-order valence-electron chi connectivity index (χ4n) is 0.777. The smallest absolute Gasteiger partial charge is 0.406 e. The quantitative estimate of drug-likeness (QED) is 0.596. The predicted octanol–water partition coefficient (Wildman–Crippen LogP) is 3.53. The lowest BCUT2D eigenvalue weighted by molar-refractivity contribution is -0.274. The first kappa shape index (κ1) is 11.9. The van der Waals surface area contributed by atoms with Crippen LogP contribution < -0.4 is 10.5 Å². The number of alkyl halides is 3. The maximum atomic E-state index is 11.8. The van der Waals surface area contributed by atoms with Crippen LogP contribution >= 0.6 is 38.5 Å². The summed E-state index contributed by atoms with van der Waals surface area (Å²) in [4.78, 5) is 0. The van der Waals surface area contributed by atoms with Crippen molar-refractivity contribution in [3.05, 3.63) is 20.2 Å². The van der Waals surface area contributed by atoms with E-state index in [4.69, 9.17) is 5.73 Å². The fourth-order valence-corrected chi connectivity index (χ4v) is 1.54. The van der Waals surface area contributed by atoms with Crippen LogP contribution in [0.4, 0.5) is 18.9 Å². The zero-order valence-corrected chi connectivity index (χ0v) is 10.3. The summed E-state index contributed by atoms with van der Waals surface area (Å²) in [6, 6.07) is 2.34. The van der Waals surface area contributed by atoms with Crippen molar-refractivity contribution in [3.63, 3.8) is 0 Å². The zero-order valence-electron chi connectivity index (χ0n) is 6.53. The van der Waals surface area contributed by atoms with Crippen molar-refractivity contribution >= 4 is 44.2 Å². The van der Waals surface area contributed by atoms with E-state index in [2.05, 4.69) is 20.7 Å². The first-order valence-corrected chi connectivity index (χ1v) is 5.17. The minimum atomic E-state index is -4.70. The average molecular weight is 382 g/mol. The Morgan fingerprint density at radius 3 is 2.36 bits per heavy atom. The number of benzene rings is 1. The molecular formula is C7H4BrF3INO. The molecule has 0 heterocycles. The second-order valence-electron chi connectivity index (χ2n) is 2.36. The van der Waals surface area contributed by atoms with Crippen molar-refractivity contribution in [3.8, 4) is 5.75 Å². The Labute approximate surface area is 99.9 Å². The molecule has 0 aliphatic rings. The van der Waals surface area contributed by atoms with Gasteiger partial charge in [-0.25, -0.2) is 0 Å². The van der Waals surface area contributed by atoms with Gasteiger partial charge in [-0.15, -0.1) is 13.2 Å². The Hall–Kier alpha value is -0.180. The molecule has 14 heavy (non-hydrogen) atoms. The molecular weight excluding hydrogens is 378 g/mol. The van der Waals surface area contributed by atoms with Gasteiger partial charge in [0.25, 0.3) is 0 Å². The van der Waals surface area contributed by atoms with Crippen molar-refractivity contribution in [2.24, 2.45) is 0 Å². The molecule has 0 aliphatic heterocycles. The molecule has 78 valence electrons. The van der Waals surface area contributed by atoms with Gasteiger partial charge in [0.05, 0.1) is 3.57 Å². The normalized spacial score (nSPS) is 11.5. The first-order valence-electron chi connectivity index (χ1n) is 3.30. The highest BCUT2D eigenvalue weighted by atomic mass is 127. The van der Waals surface area contributed by atoms with Crippen LogP contribution in [0.5, 0.6) is 5.75 Å². The Balaban J connectivity index is 3.02. The lowest BCUT2D eigenvalue weighted by Crippen LogP contribution is -2.17. The minimum absolute atomic E-state index is 0.235. The van der Waals surface area contributed by atoms with E-state index in [0.717, 1.165) is 6.07 Å². The maximum absolute atomic E-state index is 11.8. The predicted molar refractivity (Wildman–Crippen MR) is 58.0 cm³/mol. The Kier molecular flexibility index (Phi) is 3.51. The van der Waals surface area contributed by atoms with Gasteiger partial charge >= 0.3 is 6.36 Å². The van der Waals surface area contributed by atoms with Gasteiger partial charge in [0.2, 0.25) is 0 Å². The Bertz CT molecular complexity index is 332. The second kappa shape index (κ2) is 4.13. The van der Waals surface area contributed by atoms with Gasteiger partial charge in [0.1, 0.15) is 5.75 Å². The van der Waals surface area contributed by atoms with E-state index in [1.165, 1.54) is 6.07 Å². The minimum Gasteiger partial charge on any atom is -0.406 e. The molecule has 2 nitrogen and oxygen atoms in total. The molecule has 1 aromatic carbocycles. The van der Waals surface area contributed by atoms with Gasteiger partial charge < -0.3 is 10.5 Å². The first-order chi connectivity index (χ1) is 6.29. The summed E-state index contributed by atoms with van der Waals surface area (Å²) in [5.74, 6) is -0.331. The van der Waals surface area contributed by atoms with Crippen molar-refractivity contribution < 1.29 is 17.9 Å². The molecule has 0 saturated heterocycles. The van der Waals surface area contributed by atoms with Gasteiger partial charge in [0.15, 0.2) is 0 Å². The lowest BCUT2D eigenvalue weighted by Gasteiger charge is -2.10. The second-order valence-corrected chi connectivity index (χ2v) is 4.29. The van der Waals surface area contributed by atoms with E-state index in [0.29, 0.717) is 8.04 Å². The highest BCUT2D eigenvalue weighted by molar-refractivity contribution is 14.1. The molecule has 0 unspecified atom stereocenters. The zero-order chi connectivity index (χ0) is 10.9. The van der Waals surface area contributed by atoms with E-state index in [-0.39, 0.29) is 11.4 Å². The molecule has 0 spiro atoms. The van der Waals surface area contributed by atoms with Crippen LogP contribution in [0, 0.1) is 3.57 Å². The molecule has 2 N–H and O–H groups in total. The summed E-state index contributed by atoms with van der Waals surface area (Å²) in [7, 11) is 0. The number of ether oxygens (including phenoxy) is 1. The number of halogens is 5. The summed E-state index contributed by atoms with van der Waals surface area (Å²) in [6.07, 6.45) is -4.70. The average Bonchev–Trinajstić information content (AvgIpc) is 1.96. The molecule has 1 rings (SSSR count). The molecule has 0 radical (unpaired) electrons. The van der Waals surface area contributed by atoms with E-state index >= 15 is 0 Å². The number of hydrogen-bond acceptors (Lipinski definition) is 2. The number of anilines is 1. The van der Waals surface area contributed by atoms with E-state index in [9.17, 15) is 13.2 Å². The van der Waals surface area contributed by atoms with Crippen LogP contribution in [-0.4, -0.2) is 6.36 Å². The summed E-state index contributed by atoms with van der Waals surface area (Å²) in [5.41, 5.74) is 5.69. The topological polar surface area (TPSA) is 35.2 Å². The molecule has 0 aliphatic carbocycles. The number of nitrogen functional groups attached to an aromatic ring is 1. The van der Waals surface area contributed by atoms with Crippen LogP contribution in [0.15, 0.2) is 16.6 Å². The molecule has 7 heteroatoms. The standard InChI is InChI=1S/C7H4BrF3INO/c8-4-1-3(14-7(9,10)11)2-5(13)6(4)12/h1-2H,13H2. The van der Waals surface area contributed by atoms with Crippen LogP contribution in [-0.2, 0) is 0 Å². The summed E-state index contributed by atoms with van der Waals surface area (Å²) in [5, 5.41) is 0. The molecule has 0 fully saturated rings. The summed E-state index contributed by atoms with van der Waals surface area (Å²) >= 11 is 4.98. The highest BCUT2D eigenvalue weighted by Crippen LogP contribution is 2.32. The largest absolute Gasteiger partial charge is 0.573 e. The maximum Gasteiger partial charge on any atom is 0.573 e. The van der Waals surface area contributed by atoms with Crippen molar-refractivity contribution in [2.75, 3.05) is 5.73 Å². The SMILES string of the molecule is Nc1cc(OC(F)(F)F)cc(Br)c1I. The van der Waals surface area contributed by atoms with Gasteiger partial charge in [-0.1, -0.05) is 0 Å². The fraction of sp³-hybridized carbons (Fsp3) is 0.143. The third kappa shape index (κ3) is 3.19. The highest BCUT2D eigenvalue weighted by Gasteiger charge is 2.31. The van der Waals surface area contributed by atoms with Gasteiger partial charge in [-0.2, -0.15) is 0 Å². The van der Waals surface area contributed by atoms with E-state index < -0.39 is 6.36 Å². The third-order valence-electron chi connectivity index (χ3n) is 1.26. The summed E-state index contributed by atoms with van der Waals surface area (Å²) in [6.45, 7) is 0. The molecule has 0 atom stereocenters. The molecule has 0 saturated carbocycles. The van der Waals surface area contributed by atoms with Gasteiger partial charge in [-0.05, 0) is 44.6 Å². The molecule has 0 amide bonds. The Morgan fingerprint density at radius 1 is 1.36 bits per heavy atom. The number of nitrogens with two attached hydrogens (primary N) is 1. The molecule has 0 bridgehead atoms. The van der Waals surface area contributed by atoms with E-state index in [1.807, 2.05) is 22.6 Å². The van der Waals surface area contributed by atoms with Crippen molar-refractivity contribution in [1.82, 2.24) is 0 Å². The van der Waals surface area contributed by atoms with Gasteiger partial charge in [0, 0.05) is 16.2 Å². The monoisotopic (exact) mass is 381 g/mol. The Morgan fingerprint density at radius 2 is 1.93 bits per heavy atom. The lowest BCUT2D eigenvalue weighted by atomic mass is 10.3. The van der Waals surface area contributed by atoms with Crippen LogP contribution in [0.1, 0.15) is 0 Å². The van der Waals surface area contributed by atoms with E-state index in [1.54, 1.807) is 0 Å². The van der Waals surface area contributed by atoms with Crippen LogP contribution in [0.25, 0.3) is 0 Å².